The zero-order valence-corrected chi connectivity index (χ0v) is 6.23. The Labute approximate surface area is 64.9 Å². The fourth-order valence-corrected chi connectivity index (χ4v) is 0.792. The number of carboxylic acid groups (broad SMARTS) is 1. The molecule has 0 radical (unpaired) electrons. The standard InChI is InChI=1S/C8H9NO2/c1-7(8(10)11)9-5-3-2-4-6-9/h2-7H,1H3. The molecule has 0 spiro atoms. The molecule has 58 valence electrons. The number of hydrogen-bond acceptors (Lipinski definition) is 2. The SMILES string of the molecule is CC(C(=O)[O-])[n+]1ccccc1. The van der Waals surface area contributed by atoms with Crippen LogP contribution in [0, 0.1) is 0 Å². The van der Waals surface area contributed by atoms with Gasteiger partial charge in [0, 0.05) is 19.1 Å². The second-order valence-corrected chi connectivity index (χ2v) is 2.32. The molecule has 0 aliphatic heterocycles. The maximum atomic E-state index is 10.4. The van der Waals surface area contributed by atoms with E-state index in [2.05, 4.69) is 0 Å². The van der Waals surface area contributed by atoms with Crippen molar-refractivity contribution in [3.63, 3.8) is 0 Å². The van der Waals surface area contributed by atoms with Gasteiger partial charge in [-0.2, -0.15) is 4.57 Å². The zero-order valence-electron chi connectivity index (χ0n) is 6.23. The van der Waals surface area contributed by atoms with Crippen molar-refractivity contribution in [3.05, 3.63) is 30.6 Å². The second-order valence-electron chi connectivity index (χ2n) is 2.32. The molecule has 0 aliphatic rings. The average Bonchev–Trinajstić information content (AvgIpc) is 2.05. The van der Waals surface area contributed by atoms with E-state index in [0.29, 0.717) is 0 Å². The normalized spacial score (nSPS) is 12.5. The minimum absolute atomic E-state index is 0.601. The number of aromatic nitrogens is 1. The molecule has 1 atom stereocenters. The molecule has 11 heavy (non-hydrogen) atoms. The molecule has 0 saturated heterocycles. The van der Waals surface area contributed by atoms with Crippen molar-refractivity contribution in [2.45, 2.75) is 13.0 Å². The summed E-state index contributed by atoms with van der Waals surface area (Å²) in [5, 5.41) is 10.4. The van der Waals surface area contributed by atoms with Crippen LogP contribution in [0.1, 0.15) is 13.0 Å². The molecule has 1 unspecified atom stereocenters. The van der Waals surface area contributed by atoms with Crippen molar-refractivity contribution >= 4 is 5.97 Å². The Morgan fingerprint density at radius 1 is 1.36 bits per heavy atom. The monoisotopic (exact) mass is 151 g/mol. The van der Waals surface area contributed by atoms with Gasteiger partial charge in [-0.05, 0) is 0 Å². The van der Waals surface area contributed by atoms with Gasteiger partial charge in [-0.25, -0.2) is 0 Å². The summed E-state index contributed by atoms with van der Waals surface area (Å²) in [5.74, 6) is -1.07. The van der Waals surface area contributed by atoms with E-state index in [1.807, 2.05) is 6.07 Å². The number of pyridine rings is 1. The Morgan fingerprint density at radius 2 is 1.91 bits per heavy atom. The van der Waals surface area contributed by atoms with Crippen molar-refractivity contribution in [2.24, 2.45) is 0 Å². The van der Waals surface area contributed by atoms with Gasteiger partial charge in [0.2, 0.25) is 0 Å². The summed E-state index contributed by atoms with van der Waals surface area (Å²) in [7, 11) is 0. The van der Waals surface area contributed by atoms with Crippen molar-refractivity contribution in [2.75, 3.05) is 0 Å². The van der Waals surface area contributed by atoms with Crippen molar-refractivity contribution in [1.29, 1.82) is 0 Å². The first-order chi connectivity index (χ1) is 5.22. The van der Waals surface area contributed by atoms with Crippen LogP contribution in [0.3, 0.4) is 0 Å². The highest BCUT2D eigenvalue weighted by molar-refractivity contribution is 5.66. The smallest absolute Gasteiger partial charge is 0.194 e. The summed E-state index contributed by atoms with van der Waals surface area (Å²) < 4.78 is 1.58. The van der Waals surface area contributed by atoms with Crippen LogP contribution in [0.2, 0.25) is 0 Å². The number of rotatable bonds is 2. The van der Waals surface area contributed by atoms with E-state index in [1.54, 1.807) is 36.0 Å². The minimum atomic E-state index is -1.07. The number of nitrogens with zero attached hydrogens (tertiary/aromatic N) is 1. The first-order valence-corrected chi connectivity index (χ1v) is 3.38. The molecular weight excluding hydrogens is 142 g/mol. The largest absolute Gasteiger partial charge is 0.543 e. The lowest BCUT2D eigenvalue weighted by Gasteiger charge is -2.05. The molecule has 1 aromatic heterocycles. The van der Waals surface area contributed by atoms with Gasteiger partial charge in [-0.15, -0.1) is 0 Å². The molecule has 3 nitrogen and oxygen atoms in total. The van der Waals surface area contributed by atoms with Gasteiger partial charge in [0.25, 0.3) is 0 Å². The van der Waals surface area contributed by atoms with Crippen LogP contribution in [-0.4, -0.2) is 5.97 Å². The molecule has 0 amide bonds. The van der Waals surface area contributed by atoms with Gasteiger partial charge in [0.1, 0.15) is 5.97 Å². The first-order valence-electron chi connectivity index (χ1n) is 3.38. The predicted octanol–water partition coefficient (Wildman–Crippen LogP) is -0.715. The summed E-state index contributed by atoms with van der Waals surface area (Å²) in [6, 6.07) is 4.79. The molecule has 0 bridgehead atoms. The Bertz CT molecular complexity index is 246. The van der Waals surface area contributed by atoms with Crippen LogP contribution in [0.5, 0.6) is 0 Å². The highest BCUT2D eigenvalue weighted by Crippen LogP contribution is 1.90. The average molecular weight is 151 g/mol. The number of aliphatic carboxylic acids is 1. The molecule has 1 rings (SSSR count). The van der Waals surface area contributed by atoms with Crippen LogP contribution in [0.25, 0.3) is 0 Å². The number of hydrogen-bond donors (Lipinski definition) is 0. The number of carbonyl (C=O) groups is 1. The van der Waals surface area contributed by atoms with Gasteiger partial charge in [0.05, 0.1) is 0 Å². The zero-order chi connectivity index (χ0) is 8.27. The maximum Gasteiger partial charge on any atom is 0.194 e. The van der Waals surface area contributed by atoms with Gasteiger partial charge in [-0.3, -0.25) is 0 Å². The maximum absolute atomic E-state index is 10.4. The van der Waals surface area contributed by atoms with Crippen LogP contribution in [0.4, 0.5) is 0 Å². The minimum Gasteiger partial charge on any atom is -0.543 e. The van der Waals surface area contributed by atoms with E-state index in [1.165, 1.54) is 0 Å². The lowest BCUT2D eigenvalue weighted by molar-refractivity contribution is -0.712. The highest BCUT2D eigenvalue weighted by atomic mass is 16.4. The molecule has 1 aromatic rings. The predicted molar refractivity (Wildman–Crippen MR) is 36.4 cm³/mol. The lowest BCUT2D eigenvalue weighted by Crippen LogP contribution is -2.47. The third-order valence-corrected chi connectivity index (χ3v) is 1.53. The Kier molecular flexibility index (Phi) is 2.21. The Balaban J connectivity index is 2.85. The lowest BCUT2D eigenvalue weighted by atomic mass is 10.3. The molecule has 0 fully saturated rings. The van der Waals surface area contributed by atoms with E-state index in [9.17, 15) is 9.90 Å². The molecule has 0 aliphatic carbocycles. The van der Waals surface area contributed by atoms with E-state index < -0.39 is 12.0 Å². The molecular formula is C8H9NO2. The van der Waals surface area contributed by atoms with Gasteiger partial charge in [0.15, 0.2) is 18.4 Å². The van der Waals surface area contributed by atoms with Gasteiger partial charge in [-0.1, -0.05) is 6.07 Å². The number of carboxylic acids is 1. The summed E-state index contributed by atoms with van der Waals surface area (Å²) in [6.45, 7) is 1.58. The summed E-state index contributed by atoms with van der Waals surface area (Å²) in [6.07, 6.45) is 3.39. The Hall–Kier alpha value is -1.38. The first kappa shape index (κ1) is 7.72. The third-order valence-electron chi connectivity index (χ3n) is 1.53. The third kappa shape index (κ3) is 1.77. The van der Waals surface area contributed by atoms with Crippen molar-refractivity contribution in [3.8, 4) is 0 Å². The fraction of sp³-hybridized carbons (Fsp3) is 0.250. The summed E-state index contributed by atoms with van der Waals surface area (Å²) >= 11 is 0. The van der Waals surface area contributed by atoms with Gasteiger partial charge < -0.3 is 9.90 Å². The molecule has 3 heteroatoms. The van der Waals surface area contributed by atoms with Crippen molar-refractivity contribution in [1.82, 2.24) is 0 Å². The Morgan fingerprint density at radius 3 is 2.36 bits per heavy atom. The summed E-state index contributed by atoms with van der Waals surface area (Å²) in [4.78, 5) is 10.4. The van der Waals surface area contributed by atoms with E-state index >= 15 is 0 Å². The number of carbonyl (C=O) groups excluding carboxylic acids is 1. The van der Waals surface area contributed by atoms with Crippen molar-refractivity contribution < 1.29 is 14.5 Å². The van der Waals surface area contributed by atoms with Gasteiger partial charge >= 0.3 is 0 Å². The van der Waals surface area contributed by atoms with Crippen LogP contribution < -0.4 is 9.67 Å². The van der Waals surface area contributed by atoms with E-state index in [4.69, 9.17) is 0 Å². The quantitative estimate of drug-likeness (QED) is 0.524. The molecule has 0 saturated carbocycles. The van der Waals surface area contributed by atoms with Crippen LogP contribution in [-0.2, 0) is 4.79 Å². The molecule has 1 heterocycles. The highest BCUT2D eigenvalue weighted by Gasteiger charge is 2.10. The topological polar surface area (TPSA) is 44.0 Å². The van der Waals surface area contributed by atoms with E-state index in [-0.39, 0.29) is 0 Å². The van der Waals surface area contributed by atoms with Crippen LogP contribution >= 0.6 is 0 Å². The van der Waals surface area contributed by atoms with E-state index in [0.717, 1.165) is 0 Å². The summed E-state index contributed by atoms with van der Waals surface area (Å²) in [5.41, 5.74) is 0. The molecule has 0 aromatic carbocycles. The second kappa shape index (κ2) is 3.14. The fourth-order valence-electron chi connectivity index (χ4n) is 0.792. The molecule has 0 N–H and O–H groups in total. The van der Waals surface area contributed by atoms with Crippen LogP contribution in [0.15, 0.2) is 30.6 Å².